The van der Waals surface area contributed by atoms with Crippen LogP contribution in [0.15, 0.2) is 11.4 Å². The van der Waals surface area contributed by atoms with Crippen molar-refractivity contribution in [3.63, 3.8) is 0 Å². The van der Waals surface area contributed by atoms with Crippen LogP contribution in [0, 0.1) is 6.92 Å². The molecule has 2 nitrogen and oxygen atoms in total. The van der Waals surface area contributed by atoms with Crippen molar-refractivity contribution < 1.29 is 5.11 Å². The van der Waals surface area contributed by atoms with Crippen molar-refractivity contribution >= 4 is 16.3 Å². The van der Waals surface area contributed by atoms with Gasteiger partial charge < -0.3 is 10.4 Å². The van der Waals surface area contributed by atoms with Gasteiger partial charge in [0.05, 0.1) is 5.00 Å². The number of anilines is 1. The molecule has 0 unspecified atom stereocenters. The molecule has 0 aliphatic carbocycles. The van der Waals surface area contributed by atoms with Crippen molar-refractivity contribution in [2.45, 2.75) is 6.92 Å². The molecule has 0 radical (unpaired) electrons. The average molecular weight is 143 g/mol. The van der Waals surface area contributed by atoms with Crippen LogP contribution in [0.3, 0.4) is 0 Å². The molecule has 0 bridgehead atoms. The lowest BCUT2D eigenvalue weighted by Crippen LogP contribution is -1.97. The summed E-state index contributed by atoms with van der Waals surface area (Å²) in [5.41, 5.74) is 1.19. The van der Waals surface area contributed by atoms with Gasteiger partial charge in [0.2, 0.25) is 0 Å². The summed E-state index contributed by atoms with van der Waals surface area (Å²) in [6.07, 6.45) is 0. The van der Waals surface area contributed by atoms with Crippen molar-refractivity contribution in [1.29, 1.82) is 0 Å². The van der Waals surface area contributed by atoms with E-state index in [0.29, 0.717) is 0 Å². The minimum Gasteiger partial charge on any atom is -0.377 e. The van der Waals surface area contributed by atoms with Gasteiger partial charge in [-0.3, -0.25) is 0 Å². The lowest BCUT2D eigenvalue weighted by atomic mass is 10.4. The van der Waals surface area contributed by atoms with Gasteiger partial charge in [0.15, 0.2) is 0 Å². The van der Waals surface area contributed by atoms with Crippen LogP contribution in [0.5, 0.6) is 0 Å². The van der Waals surface area contributed by atoms with Gasteiger partial charge in [0, 0.05) is 0 Å². The molecule has 0 aliphatic heterocycles. The fraction of sp³-hybridized carbons (Fsp3) is 0.333. The van der Waals surface area contributed by atoms with E-state index in [1.54, 1.807) is 11.3 Å². The Morgan fingerprint density at radius 2 is 2.56 bits per heavy atom. The minimum absolute atomic E-state index is 0.0152. The number of aryl methyl sites for hydroxylation is 1. The zero-order valence-corrected chi connectivity index (χ0v) is 6.03. The summed E-state index contributed by atoms with van der Waals surface area (Å²) in [4.78, 5) is 0. The van der Waals surface area contributed by atoms with E-state index in [0.717, 1.165) is 5.00 Å². The van der Waals surface area contributed by atoms with Crippen LogP contribution >= 0.6 is 11.3 Å². The lowest BCUT2D eigenvalue weighted by Gasteiger charge is -1.97. The number of rotatable bonds is 2. The van der Waals surface area contributed by atoms with Crippen molar-refractivity contribution in [2.75, 3.05) is 12.0 Å². The molecule has 1 heterocycles. The molecule has 0 saturated carbocycles. The first-order chi connectivity index (χ1) is 4.34. The predicted molar refractivity (Wildman–Crippen MR) is 39.8 cm³/mol. The SMILES string of the molecule is Cc1ccsc1NCO. The maximum Gasteiger partial charge on any atom is 0.113 e. The highest BCUT2D eigenvalue weighted by Gasteiger charge is 1.94. The van der Waals surface area contributed by atoms with Crippen LogP contribution in [-0.4, -0.2) is 11.8 Å². The van der Waals surface area contributed by atoms with E-state index in [2.05, 4.69) is 5.32 Å². The van der Waals surface area contributed by atoms with E-state index in [9.17, 15) is 0 Å². The van der Waals surface area contributed by atoms with Crippen molar-refractivity contribution in [1.82, 2.24) is 0 Å². The highest BCUT2D eigenvalue weighted by molar-refractivity contribution is 7.14. The largest absolute Gasteiger partial charge is 0.377 e. The summed E-state index contributed by atoms with van der Waals surface area (Å²) in [5, 5.41) is 14.3. The third kappa shape index (κ3) is 1.43. The molecule has 0 amide bonds. The van der Waals surface area contributed by atoms with Gasteiger partial charge in [0.25, 0.3) is 0 Å². The van der Waals surface area contributed by atoms with E-state index in [4.69, 9.17) is 5.11 Å². The monoisotopic (exact) mass is 143 g/mol. The Balaban J connectivity index is 2.69. The van der Waals surface area contributed by atoms with Gasteiger partial charge >= 0.3 is 0 Å². The molecule has 0 aliphatic rings. The second kappa shape index (κ2) is 2.85. The van der Waals surface area contributed by atoms with Crippen molar-refractivity contribution in [3.8, 4) is 0 Å². The van der Waals surface area contributed by atoms with E-state index < -0.39 is 0 Å². The molecule has 9 heavy (non-hydrogen) atoms. The summed E-state index contributed by atoms with van der Waals surface area (Å²) in [7, 11) is 0. The van der Waals surface area contributed by atoms with Gasteiger partial charge in [-0.25, -0.2) is 0 Å². The quantitative estimate of drug-likeness (QED) is 0.614. The first-order valence-electron chi connectivity index (χ1n) is 2.73. The molecule has 50 valence electrons. The van der Waals surface area contributed by atoms with Crippen molar-refractivity contribution in [2.24, 2.45) is 0 Å². The second-order valence-corrected chi connectivity index (χ2v) is 2.68. The molecule has 1 aromatic heterocycles. The second-order valence-electron chi connectivity index (χ2n) is 1.77. The molecule has 0 fully saturated rings. The third-order valence-electron chi connectivity index (χ3n) is 1.10. The van der Waals surface area contributed by atoms with Crippen molar-refractivity contribution in [3.05, 3.63) is 17.0 Å². The fourth-order valence-corrected chi connectivity index (χ4v) is 1.44. The highest BCUT2D eigenvalue weighted by Crippen LogP contribution is 2.20. The van der Waals surface area contributed by atoms with Crippen LogP contribution in [-0.2, 0) is 0 Å². The predicted octanol–water partition coefficient (Wildman–Crippen LogP) is 1.42. The summed E-state index contributed by atoms with van der Waals surface area (Å²) < 4.78 is 0. The zero-order valence-electron chi connectivity index (χ0n) is 5.22. The van der Waals surface area contributed by atoms with E-state index in [-0.39, 0.29) is 6.73 Å². The van der Waals surface area contributed by atoms with Crippen LogP contribution in [0.2, 0.25) is 0 Å². The standard InChI is InChI=1S/C6H9NOS/c1-5-2-3-9-6(5)7-4-8/h2-3,7-8H,4H2,1H3. The molecule has 1 rings (SSSR count). The van der Waals surface area contributed by atoms with Gasteiger partial charge in [-0.15, -0.1) is 11.3 Å². The topological polar surface area (TPSA) is 32.3 Å². The maximum atomic E-state index is 8.46. The molecule has 0 atom stereocenters. The lowest BCUT2D eigenvalue weighted by molar-refractivity contribution is 0.326. The Hall–Kier alpha value is -0.540. The molecular formula is C6H9NOS. The highest BCUT2D eigenvalue weighted by atomic mass is 32.1. The molecular weight excluding hydrogens is 134 g/mol. The summed E-state index contributed by atoms with van der Waals surface area (Å²) in [6, 6.07) is 2.02. The van der Waals surface area contributed by atoms with Gasteiger partial charge in [-0.1, -0.05) is 0 Å². The zero-order chi connectivity index (χ0) is 6.69. The first kappa shape index (κ1) is 6.58. The van der Waals surface area contributed by atoms with E-state index in [1.165, 1.54) is 5.56 Å². The van der Waals surface area contributed by atoms with E-state index >= 15 is 0 Å². The Morgan fingerprint density at radius 3 is 3.00 bits per heavy atom. The number of nitrogens with one attached hydrogen (secondary N) is 1. The van der Waals surface area contributed by atoms with Gasteiger partial charge in [0.1, 0.15) is 6.73 Å². The molecule has 0 saturated heterocycles. The van der Waals surface area contributed by atoms with Gasteiger partial charge in [-0.2, -0.15) is 0 Å². The molecule has 1 aromatic rings. The summed E-state index contributed by atoms with van der Waals surface area (Å²) >= 11 is 1.60. The third-order valence-corrected chi connectivity index (χ3v) is 2.08. The number of thiophene rings is 1. The summed E-state index contributed by atoms with van der Waals surface area (Å²) in [6.45, 7) is 2.02. The Kier molecular flexibility index (Phi) is 2.08. The smallest absolute Gasteiger partial charge is 0.113 e. The van der Waals surface area contributed by atoms with Crippen LogP contribution in [0.1, 0.15) is 5.56 Å². The van der Waals surface area contributed by atoms with Crippen LogP contribution in [0.4, 0.5) is 5.00 Å². The average Bonchev–Trinajstić information content (AvgIpc) is 2.18. The maximum absolute atomic E-state index is 8.46. The molecule has 2 N–H and O–H groups in total. The van der Waals surface area contributed by atoms with Gasteiger partial charge in [-0.05, 0) is 23.9 Å². The Morgan fingerprint density at radius 1 is 1.78 bits per heavy atom. The molecule has 0 aromatic carbocycles. The Labute approximate surface area is 58.1 Å². The number of hydrogen-bond acceptors (Lipinski definition) is 3. The Bertz CT molecular complexity index is 185. The summed E-state index contributed by atoms with van der Waals surface area (Å²) in [5.74, 6) is 0. The number of aliphatic hydroxyl groups is 1. The number of hydrogen-bond donors (Lipinski definition) is 2. The van der Waals surface area contributed by atoms with Crippen LogP contribution in [0.25, 0.3) is 0 Å². The minimum atomic E-state index is 0.0152. The number of aliphatic hydroxyl groups excluding tert-OH is 1. The van der Waals surface area contributed by atoms with E-state index in [1.807, 2.05) is 18.4 Å². The molecule has 0 spiro atoms. The fourth-order valence-electron chi connectivity index (χ4n) is 0.626. The molecule has 3 heteroatoms. The first-order valence-corrected chi connectivity index (χ1v) is 3.61. The normalized spacial score (nSPS) is 9.56. The van der Waals surface area contributed by atoms with Crippen LogP contribution < -0.4 is 5.32 Å².